The fourth-order valence-corrected chi connectivity index (χ4v) is 2.65. The predicted octanol–water partition coefficient (Wildman–Crippen LogP) is 1.46. The van der Waals surface area contributed by atoms with E-state index in [0.29, 0.717) is 35.9 Å². The number of benzene rings is 1. The molecule has 2 N–H and O–H groups in total. The summed E-state index contributed by atoms with van der Waals surface area (Å²) in [6, 6.07) is 5.65. The number of para-hydroxylation sites is 1. The van der Waals surface area contributed by atoms with Gasteiger partial charge in [0.25, 0.3) is 0 Å². The first-order valence-corrected chi connectivity index (χ1v) is 8.01. The van der Waals surface area contributed by atoms with E-state index >= 15 is 0 Å². The topological polar surface area (TPSA) is 53.5 Å². The normalized spacial score (nSPS) is 19.0. The minimum atomic E-state index is 0.433. The van der Waals surface area contributed by atoms with E-state index in [1.54, 1.807) is 14.2 Å². The number of methoxy groups -OCH3 is 2. The molecule has 1 aromatic rings. The molecule has 0 bridgehead atoms. The van der Waals surface area contributed by atoms with Gasteiger partial charge in [-0.15, -0.1) is 0 Å². The molecule has 0 spiro atoms. The summed E-state index contributed by atoms with van der Waals surface area (Å²) in [5, 5.41) is 2.32. The van der Waals surface area contributed by atoms with Gasteiger partial charge >= 0.3 is 0 Å². The Kier molecular flexibility index (Phi) is 6.80. The lowest BCUT2D eigenvalue weighted by atomic mass is 10.2. The van der Waals surface area contributed by atoms with E-state index in [-0.39, 0.29) is 0 Å². The molecular weight excluding hydrogens is 282 g/mol. The number of rotatable bonds is 9. The van der Waals surface area contributed by atoms with Crippen LogP contribution in [0, 0.1) is 5.92 Å². The smallest absolute Gasteiger partial charge is 0.203 e. The van der Waals surface area contributed by atoms with Gasteiger partial charge in [0.1, 0.15) is 12.6 Å². The molecule has 0 aromatic heterocycles. The molecule has 124 valence electrons. The van der Waals surface area contributed by atoms with Gasteiger partial charge in [-0.05, 0) is 25.0 Å². The van der Waals surface area contributed by atoms with Crippen LogP contribution in [0.4, 0.5) is 0 Å². The van der Waals surface area contributed by atoms with Crippen molar-refractivity contribution in [1.29, 1.82) is 0 Å². The Morgan fingerprint density at radius 2 is 2.00 bits per heavy atom. The van der Waals surface area contributed by atoms with Crippen LogP contribution in [0.3, 0.4) is 0 Å². The molecule has 5 nitrogen and oxygen atoms in total. The monoisotopic (exact) mass is 310 g/mol. The Hall–Kier alpha value is -1.46. The van der Waals surface area contributed by atoms with Crippen molar-refractivity contribution in [2.45, 2.75) is 25.9 Å². The molecule has 22 heavy (non-hydrogen) atoms. The maximum absolute atomic E-state index is 5.93. The van der Waals surface area contributed by atoms with E-state index in [9.17, 15) is 0 Å². The zero-order chi connectivity index (χ0) is 15.8. The average molecular weight is 310 g/mol. The van der Waals surface area contributed by atoms with Crippen LogP contribution >= 0.6 is 0 Å². The van der Waals surface area contributed by atoms with Crippen LogP contribution in [0.2, 0.25) is 0 Å². The van der Waals surface area contributed by atoms with Gasteiger partial charge in [-0.1, -0.05) is 13.0 Å². The van der Waals surface area contributed by atoms with Crippen molar-refractivity contribution < 1.29 is 24.3 Å². The first-order valence-electron chi connectivity index (χ1n) is 8.01. The fraction of sp³-hybridized carbons (Fsp3) is 0.647. The highest BCUT2D eigenvalue weighted by Crippen LogP contribution is 2.36. The Balaban J connectivity index is 1.76. The van der Waals surface area contributed by atoms with Gasteiger partial charge in [0, 0.05) is 12.5 Å². The van der Waals surface area contributed by atoms with Gasteiger partial charge < -0.3 is 24.3 Å². The van der Waals surface area contributed by atoms with Crippen molar-refractivity contribution in [3.05, 3.63) is 18.2 Å². The van der Waals surface area contributed by atoms with E-state index in [1.807, 2.05) is 18.2 Å². The van der Waals surface area contributed by atoms with E-state index < -0.39 is 0 Å². The van der Waals surface area contributed by atoms with E-state index in [1.165, 1.54) is 12.8 Å². The summed E-state index contributed by atoms with van der Waals surface area (Å²) < 4.78 is 22.2. The van der Waals surface area contributed by atoms with Gasteiger partial charge in [0.05, 0.1) is 27.4 Å². The summed E-state index contributed by atoms with van der Waals surface area (Å²) in [5.74, 6) is 2.53. The lowest BCUT2D eigenvalue weighted by molar-refractivity contribution is -0.665. The maximum Gasteiger partial charge on any atom is 0.203 e. The third-order valence-corrected chi connectivity index (χ3v) is 3.92. The van der Waals surface area contributed by atoms with Crippen LogP contribution in [0.5, 0.6) is 17.2 Å². The summed E-state index contributed by atoms with van der Waals surface area (Å²) in [4.78, 5) is 0. The van der Waals surface area contributed by atoms with Crippen molar-refractivity contribution in [1.82, 2.24) is 0 Å². The Morgan fingerprint density at radius 3 is 2.59 bits per heavy atom. The molecule has 1 aliphatic rings. The molecular formula is C17H28NO4+. The summed E-state index contributed by atoms with van der Waals surface area (Å²) in [6.07, 6.45) is 2.83. The quantitative estimate of drug-likeness (QED) is 0.750. The van der Waals surface area contributed by atoms with Gasteiger partial charge in [-0.2, -0.15) is 0 Å². The van der Waals surface area contributed by atoms with Crippen molar-refractivity contribution in [3.8, 4) is 17.2 Å². The highest BCUT2D eigenvalue weighted by atomic mass is 16.5. The van der Waals surface area contributed by atoms with Gasteiger partial charge in [0.2, 0.25) is 5.75 Å². The molecule has 1 heterocycles. The lowest BCUT2D eigenvalue weighted by Crippen LogP contribution is -2.87. The predicted molar refractivity (Wildman–Crippen MR) is 84.8 cm³/mol. The number of nitrogens with two attached hydrogens (primary N) is 1. The van der Waals surface area contributed by atoms with Crippen molar-refractivity contribution >= 4 is 0 Å². The largest absolute Gasteiger partial charge is 0.493 e. The highest BCUT2D eigenvalue weighted by Gasteiger charge is 2.18. The second-order valence-corrected chi connectivity index (χ2v) is 5.80. The van der Waals surface area contributed by atoms with Gasteiger partial charge in [-0.25, -0.2) is 0 Å². The Bertz CT molecular complexity index is 424. The van der Waals surface area contributed by atoms with E-state index in [4.69, 9.17) is 18.9 Å². The minimum Gasteiger partial charge on any atom is -0.493 e. The molecule has 1 aliphatic heterocycles. The third kappa shape index (κ3) is 4.78. The molecule has 2 atom stereocenters. The SMILES string of the molecule is COc1cccc(OC)c1OC[C@H](C)C[NH2+]C[C@@H]1CCCO1. The summed E-state index contributed by atoms with van der Waals surface area (Å²) in [5.41, 5.74) is 0. The van der Waals surface area contributed by atoms with Gasteiger partial charge in [-0.3, -0.25) is 0 Å². The Morgan fingerprint density at radius 1 is 1.27 bits per heavy atom. The van der Waals surface area contributed by atoms with Crippen LogP contribution in [0.1, 0.15) is 19.8 Å². The molecule has 0 aliphatic carbocycles. The third-order valence-electron chi connectivity index (χ3n) is 3.92. The number of ether oxygens (including phenoxy) is 4. The summed E-state index contributed by atoms with van der Waals surface area (Å²) in [7, 11) is 3.28. The molecule has 5 heteroatoms. The number of quaternary nitrogens is 1. The lowest BCUT2D eigenvalue weighted by Gasteiger charge is -2.17. The van der Waals surface area contributed by atoms with E-state index in [2.05, 4.69) is 12.2 Å². The maximum atomic E-state index is 5.93. The van der Waals surface area contributed by atoms with E-state index in [0.717, 1.165) is 19.7 Å². The zero-order valence-corrected chi connectivity index (χ0v) is 13.8. The summed E-state index contributed by atoms with van der Waals surface area (Å²) >= 11 is 0. The molecule has 0 radical (unpaired) electrons. The van der Waals surface area contributed by atoms with Crippen molar-refractivity contribution in [3.63, 3.8) is 0 Å². The average Bonchev–Trinajstić information content (AvgIpc) is 3.05. The number of hydrogen-bond donors (Lipinski definition) is 1. The molecule has 1 fully saturated rings. The second-order valence-electron chi connectivity index (χ2n) is 5.80. The van der Waals surface area contributed by atoms with Crippen LogP contribution in [0.15, 0.2) is 18.2 Å². The van der Waals surface area contributed by atoms with Crippen LogP contribution in [-0.2, 0) is 4.74 Å². The molecule has 1 aromatic carbocycles. The molecule has 0 amide bonds. The molecule has 1 saturated heterocycles. The fourth-order valence-electron chi connectivity index (χ4n) is 2.65. The van der Waals surface area contributed by atoms with Crippen LogP contribution in [0.25, 0.3) is 0 Å². The first kappa shape index (κ1) is 16.9. The minimum absolute atomic E-state index is 0.433. The Labute approximate surface area is 132 Å². The molecule has 0 unspecified atom stereocenters. The van der Waals surface area contributed by atoms with Crippen LogP contribution in [-0.4, -0.2) is 46.6 Å². The van der Waals surface area contributed by atoms with Gasteiger partial charge in [0.15, 0.2) is 11.5 Å². The standard InChI is InChI=1S/C17H27NO4/c1-13(10-18-11-14-6-5-9-21-14)12-22-17-15(19-2)7-4-8-16(17)20-3/h4,7-8,13-14,18H,5-6,9-12H2,1-3H3/p+1/t13-,14+/m1/s1. The second kappa shape index (κ2) is 8.86. The first-order chi connectivity index (χ1) is 10.7. The summed E-state index contributed by atoms with van der Waals surface area (Å²) in [6.45, 7) is 5.82. The van der Waals surface area contributed by atoms with Crippen LogP contribution < -0.4 is 19.5 Å². The number of hydrogen-bond acceptors (Lipinski definition) is 4. The molecule has 0 saturated carbocycles. The highest BCUT2D eigenvalue weighted by molar-refractivity contribution is 5.51. The van der Waals surface area contributed by atoms with Crippen molar-refractivity contribution in [2.24, 2.45) is 5.92 Å². The zero-order valence-electron chi connectivity index (χ0n) is 13.8. The van der Waals surface area contributed by atoms with Crippen molar-refractivity contribution in [2.75, 3.05) is 40.5 Å². The molecule has 2 rings (SSSR count).